The molecule has 0 atom stereocenters. The maximum absolute atomic E-state index is 14.1. The smallest absolute Gasteiger partial charge is 0.399 e. The quantitative estimate of drug-likeness (QED) is 0.578. The Kier molecular flexibility index (Phi) is 3.84. The van der Waals surface area contributed by atoms with Crippen molar-refractivity contribution in [1.82, 2.24) is 0 Å². The van der Waals surface area contributed by atoms with Crippen molar-refractivity contribution in [2.75, 3.05) is 0 Å². The molecular formula is C13H14BClF4O2. The molecule has 1 aromatic rings. The van der Waals surface area contributed by atoms with E-state index in [0.717, 1.165) is 0 Å². The van der Waals surface area contributed by atoms with E-state index in [1.807, 2.05) is 0 Å². The maximum Gasteiger partial charge on any atom is 0.497 e. The van der Waals surface area contributed by atoms with Crippen molar-refractivity contribution in [2.45, 2.75) is 45.1 Å². The van der Waals surface area contributed by atoms with Gasteiger partial charge in [-0.25, -0.2) is 4.39 Å². The van der Waals surface area contributed by atoms with Gasteiger partial charge < -0.3 is 9.31 Å². The molecular weight excluding hydrogens is 310 g/mol. The van der Waals surface area contributed by atoms with Gasteiger partial charge in [-0.2, -0.15) is 13.2 Å². The van der Waals surface area contributed by atoms with E-state index in [0.29, 0.717) is 12.1 Å². The van der Waals surface area contributed by atoms with Crippen molar-refractivity contribution in [3.8, 4) is 0 Å². The summed E-state index contributed by atoms with van der Waals surface area (Å²) >= 11 is 5.56. The fourth-order valence-electron chi connectivity index (χ4n) is 1.92. The van der Waals surface area contributed by atoms with E-state index >= 15 is 0 Å². The standard InChI is InChI=1S/C13H14BClF4O2/c1-11(2)12(3,4)21-14(20-11)8-5-7(13(17,18)19)6-9(15)10(8)16/h5-6H,1-4H3. The summed E-state index contributed by atoms with van der Waals surface area (Å²) in [7, 11) is -1.24. The minimum absolute atomic E-state index is 0.353. The Balaban J connectivity index is 2.48. The molecule has 0 saturated carbocycles. The molecule has 8 heteroatoms. The topological polar surface area (TPSA) is 18.5 Å². The molecule has 0 bridgehead atoms. The van der Waals surface area contributed by atoms with E-state index in [9.17, 15) is 17.6 Å². The molecule has 1 aliphatic heterocycles. The monoisotopic (exact) mass is 324 g/mol. The van der Waals surface area contributed by atoms with Gasteiger partial charge in [0, 0.05) is 5.46 Å². The molecule has 0 radical (unpaired) electrons. The third-order valence-electron chi connectivity index (χ3n) is 3.89. The maximum atomic E-state index is 14.1. The zero-order valence-electron chi connectivity index (χ0n) is 11.9. The number of hydrogen-bond donors (Lipinski definition) is 0. The normalized spacial score (nSPS) is 20.9. The third-order valence-corrected chi connectivity index (χ3v) is 4.17. The molecule has 1 aliphatic rings. The van der Waals surface area contributed by atoms with Crippen LogP contribution in [0.5, 0.6) is 0 Å². The van der Waals surface area contributed by atoms with Crippen molar-refractivity contribution >= 4 is 24.2 Å². The second kappa shape index (κ2) is 4.86. The fraction of sp³-hybridized carbons (Fsp3) is 0.538. The highest BCUT2D eigenvalue weighted by molar-refractivity contribution is 6.62. The van der Waals surface area contributed by atoms with Gasteiger partial charge in [0.25, 0.3) is 0 Å². The van der Waals surface area contributed by atoms with Crippen molar-refractivity contribution < 1.29 is 26.9 Å². The van der Waals surface area contributed by atoms with E-state index in [-0.39, 0.29) is 5.46 Å². The van der Waals surface area contributed by atoms with Crippen molar-refractivity contribution in [1.29, 1.82) is 0 Å². The number of rotatable bonds is 1. The van der Waals surface area contributed by atoms with Gasteiger partial charge in [-0.3, -0.25) is 0 Å². The Bertz CT molecular complexity index is 556. The largest absolute Gasteiger partial charge is 0.497 e. The highest BCUT2D eigenvalue weighted by atomic mass is 35.5. The summed E-state index contributed by atoms with van der Waals surface area (Å²) in [6.07, 6.45) is -4.63. The predicted molar refractivity (Wildman–Crippen MR) is 72.1 cm³/mol. The van der Waals surface area contributed by atoms with Crippen LogP contribution >= 0.6 is 11.6 Å². The average Bonchev–Trinajstić information content (AvgIpc) is 2.50. The Morgan fingerprint density at radius 1 is 1.05 bits per heavy atom. The third kappa shape index (κ3) is 2.91. The van der Waals surface area contributed by atoms with Gasteiger partial charge in [0.1, 0.15) is 5.82 Å². The lowest BCUT2D eigenvalue weighted by molar-refractivity contribution is -0.137. The Morgan fingerprint density at radius 2 is 1.52 bits per heavy atom. The van der Waals surface area contributed by atoms with Crippen LogP contribution in [0.2, 0.25) is 5.02 Å². The summed E-state index contributed by atoms with van der Waals surface area (Å²) in [6.45, 7) is 6.89. The Hall–Kier alpha value is -0.785. The summed E-state index contributed by atoms with van der Waals surface area (Å²) in [5.74, 6) is -0.969. The molecule has 2 nitrogen and oxygen atoms in total. The molecule has 1 fully saturated rings. The van der Waals surface area contributed by atoms with Crippen LogP contribution in [0.15, 0.2) is 12.1 Å². The SMILES string of the molecule is CC1(C)OB(c2cc(C(F)(F)F)cc(Cl)c2F)OC1(C)C. The first kappa shape index (κ1) is 16.6. The lowest BCUT2D eigenvalue weighted by Gasteiger charge is -2.32. The summed E-state index contributed by atoms with van der Waals surface area (Å²) in [4.78, 5) is 0. The lowest BCUT2D eigenvalue weighted by atomic mass is 9.78. The van der Waals surface area contributed by atoms with Crippen molar-refractivity contribution in [3.63, 3.8) is 0 Å². The number of alkyl halides is 3. The van der Waals surface area contributed by atoms with Crippen molar-refractivity contribution in [2.24, 2.45) is 0 Å². The van der Waals surface area contributed by atoms with E-state index < -0.39 is 40.9 Å². The number of halogens is 5. The van der Waals surface area contributed by atoms with Gasteiger partial charge in [0.15, 0.2) is 0 Å². The molecule has 0 N–H and O–H groups in total. The molecule has 0 spiro atoms. The summed E-state index contributed by atoms with van der Waals surface area (Å²) in [5, 5.41) is -0.616. The van der Waals surface area contributed by atoms with Crippen LogP contribution in [0.25, 0.3) is 0 Å². The number of benzene rings is 1. The summed E-state index contributed by atoms with van der Waals surface area (Å²) in [6, 6.07) is 1.22. The molecule has 1 saturated heterocycles. The molecule has 0 unspecified atom stereocenters. The first-order valence-corrected chi connectivity index (χ1v) is 6.65. The van der Waals surface area contributed by atoms with Gasteiger partial charge in [-0.1, -0.05) is 11.6 Å². The predicted octanol–water partition coefficient (Wildman–Crippen LogP) is 3.80. The van der Waals surface area contributed by atoms with E-state index in [4.69, 9.17) is 20.9 Å². The first-order chi connectivity index (χ1) is 9.35. The van der Waals surface area contributed by atoms with Gasteiger partial charge in [-0.15, -0.1) is 0 Å². The molecule has 116 valence electrons. The van der Waals surface area contributed by atoms with Crippen LogP contribution in [-0.4, -0.2) is 18.3 Å². The number of hydrogen-bond acceptors (Lipinski definition) is 2. The van der Waals surface area contributed by atoms with Crippen LogP contribution in [-0.2, 0) is 15.5 Å². The molecule has 1 heterocycles. The van der Waals surface area contributed by atoms with E-state index in [2.05, 4.69) is 0 Å². The Morgan fingerprint density at radius 3 is 1.95 bits per heavy atom. The molecule has 0 aliphatic carbocycles. The lowest BCUT2D eigenvalue weighted by Crippen LogP contribution is -2.41. The minimum atomic E-state index is -4.63. The second-order valence-electron chi connectivity index (χ2n) is 5.95. The molecule has 0 amide bonds. The summed E-state index contributed by atoms with van der Waals surface area (Å²) in [5.41, 5.74) is -2.97. The summed E-state index contributed by atoms with van der Waals surface area (Å²) < 4.78 is 63.6. The van der Waals surface area contributed by atoms with Crippen LogP contribution in [0.4, 0.5) is 17.6 Å². The fourth-order valence-corrected chi connectivity index (χ4v) is 2.14. The van der Waals surface area contributed by atoms with Crippen LogP contribution in [0.1, 0.15) is 33.3 Å². The average molecular weight is 325 g/mol. The van der Waals surface area contributed by atoms with Crippen LogP contribution < -0.4 is 5.46 Å². The molecule has 1 aromatic carbocycles. The van der Waals surface area contributed by atoms with Gasteiger partial charge >= 0.3 is 13.3 Å². The Labute approximate surface area is 125 Å². The first-order valence-electron chi connectivity index (χ1n) is 6.27. The van der Waals surface area contributed by atoms with E-state index in [1.165, 1.54) is 0 Å². The molecule has 2 rings (SSSR count). The van der Waals surface area contributed by atoms with Crippen LogP contribution in [0, 0.1) is 5.82 Å². The molecule has 21 heavy (non-hydrogen) atoms. The zero-order valence-corrected chi connectivity index (χ0v) is 12.7. The van der Waals surface area contributed by atoms with Crippen molar-refractivity contribution in [3.05, 3.63) is 28.5 Å². The van der Waals surface area contributed by atoms with Gasteiger partial charge in [0.2, 0.25) is 0 Å². The van der Waals surface area contributed by atoms with Gasteiger partial charge in [0.05, 0.1) is 21.8 Å². The van der Waals surface area contributed by atoms with Gasteiger partial charge in [-0.05, 0) is 39.8 Å². The highest BCUT2D eigenvalue weighted by Gasteiger charge is 2.53. The van der Waals surface area contributed by atoms with E-state index in [1.54, 1.807) is 27.7 Å². The van der Waals surface area contributed by atoms with Crippen LogP contribution in [0.3, 0.4) is 0 Å². The second-order valence-corrected chi connectivity index (χ2v) is 6.35. The minimum Gasteiger partial charge on any atom is -0.399 e. The molecule has 0 aromatic heterocycles. The highest BCUT2D eigenvalue weighted by Crippen LogP contribution is 2.38. The zero-order chi connectivity index (χ0) is 16.2.